The average Bonchev–Trinajstić information content (AvgIpc) is 2.93. The minimum atomic E-state index is -0.00907. The number of hydrogen-bond acceptors (Lipinski definition) is 3. The van der Waals surface area contributed by atoms with Crippen LogP contribution in [0.1, 0.15) is 31.9 Å². The molecule has 4 nitrogen and oxygen atoms in total. The highest BCUT2D eigenvalue weighted by Gasteiger charge is 2.29. The number of carbonyl (C=O) groups excluding carboxylic acids is 1. The van der Waals surface area contributed by atoms with E-state index in [1.807, 2.05) is 30.9 Å². The summed E-state index contributed by atoms with van der Waals surface area (Å²) in [6.07, 6.45) is 0.919. The molecule has 2 N–H and O–H groups in total. The van der Waals surface area contributed by atoms with E-state index in [1.165, 1.54) is 0 Å². The maximum Gasteiger partial charge on any atom is 0.227 e. The van der Waals surface area contributed by atoms with Crippen LogP contribution in [0.3, 0.4) is 0 Å². The SMILES string of the molecule is CCN(C(=O)C1CCNC1)C(C)c1cccc(O)c1. The van der Waals surface area contributed by atoms with Gasteiger partial charge in [-0.15, -0.1) is 0 Å². The molecule has 1 amide bonds. The summed E-state index contributed by atoms with van der Waals surface area (Å²) in [5, 5.41) is 12.8. The Morgan fingerprint density at radius 2 is 2.37 bits per heavy atom. The van der Waals surface area contributed by atoms with Crippen molar-refractivity contribution in [2.45, 2.75) is 26.3 Å². The molecule has 1 saturated heterocycles. The summed E-state index contributed by atoms with van der Waals surface area (Å²) in [5.41, 5.74) is 0.973. The predicted octanol–water partition coefficient (Wildman–Crippen LogP) is 1.91. The second kappa shape index (κ2) is 6.06. The molecule has 1 fully saturated rings. The minimum absolute atomic E-state index is 0.00907. The third-order valence-corrected chi connectivity index (χ3v) is 3.85. The molecule has 0 bridgehead atoms. The van der Waals surface area contributed by atoms with Crippen LogP contribution in [0.25, 0.3) is 0 Å². The van der Waals surface area contributed by atoms with E-state index in [0.29, 0.717) is 6.54 Å². The van der Waals surface area contributed by atoms with E-state index in [1.54, 1.807) is 12.1 Å². The molecule has 2 rings (SSSR count). The van der Waals surface area contributed by atoms with Gasteiger partial charge in [-0.3, -0.25) is 4.79 Å². The number of aromatic hydroxyl groups is 1. The van der Waals surface area contributed by atoms with Crippen LogP contribution in [0, 0.1) is 5.92 Å². The third-order valence-electron chi connectivity index (χ3n) is 3.85. The number of nitrogens with zero attached hydrogens (tertiary/aromatic N) is 1. The first-order valence-corrected chi connectivity index (χ1v) is 6.93. The van der Waals surface area contributed by atoms with Gasteiger partial charge in [0.05, 0.1) is 12.0 Å². The monoisotopic (exact) mass is 262 g/mol. The highest BCUT2D eigenvalue weighted by Crippen LogP contribution is 2.25. The van der Waals surface area contributed by atoms with Crippen LogP contribution in [0.15, 0.2) is 24.3 Å². The van der Waals surface area contributed by atoms with Gasteiger partial charge in [0.15, 0.2) is 0 Å². The first-order chi connectivity index (χ1) is 9.13. The van der Waals surface area contributed by atoms with Crippen LogP contribution in [-0.2, 0) is 4.79 Å². The van der Waals surface area contributed by atoms with Crippen LogP contribution < -0.4 is 5.32 Å². The van der Waals surface area contributed by atoms with Crippen molar-refractivity contribution >= 4 is 5.91 Å². The fourth-order valence-corrected chi connectivity index (χ4v) is 2.69. The van der Waals surface area contributed by atoms with Gasteiger partial charge in [-0.25, -0.2) is 0 Å². The smallest absolute Gasteiger partial charge is 0.227 e. The van der Waals surface area contributed by atoms with Crippen molar-refractivity contribution in [1.29, 1.82) is 0 Å². The summed E-state index contributed by atoms with van der Waals surface area (Å²) in [5.74, 6) is 0.554. The Balaban J connectivity index is 2.14. The van der Waals surface area contributed by atoms with Gasteiger partial charge in [-0.2, -0.15) is 0 Å². The van der Waals surface area contributed by atoms with E-state index < -0.39 is 0 Å². The molecule has 104 valence electrons. The first kappa shape index (κ1) is 13.9. The van der Waals surface area contributed by atoms with Gasteiger partial charge in [0.1, 0.15) is 5.75 Å². The predicted molar refractivity (Wildman–Crippen MR) is 74.9 cm³/mol. The molecular formula is C15H22N2O2. The summed E-state index contributed by atoms with van der Waals surface area (Å²) in [6, 6.07) is 7.14. The maximum atomic E-state index is 12.5. The Morgan fingerprint density at radius 3 is 2.95 bits per heavy atom. The van der Waals surface area contributed by atoms with Gasteiger partial charge in [-0.1, -0.05) is 12.1 Å². The zero-order valence-corrected chi connectivity index (χ0v) is 11.6. The lowest BCUT2D eigenvalue weighted by Crippen LogP contribution is -2.38. The zero-order valence-electron chi connectivity index (χ0n) is 11.6. The molecule has 1 aromatic rings. The molecule has 0 aromatic heterocycles. The molecule has 4 heteroatoms. The molecule has 1 aliphatic rings. The van der Waals surface area contributed by atoms with E-state index >= 15 is 0 Å². The first-order valence-electron chi connectivity index (χ1n) is 6.93. The molecule has 19 heavy (non-hydrogen) atoms. The molecule has 0 spiro atoms. The Labute approximate surface area is 114 Å². The minimum Gasteiger partial charge on any atom is -0.508 e. The fourth-order valence-electron chi connectivity index (χ4n) is 2.69. The Bertz CT molecular complexity index is 442. The van der Waals surface area contributed by atoms with Crippen molar-refractivity contribution in [1.82, 2.24) is 10.2 Å². The van der Waals surface area contributed by atoms with E-state index in [4.69, 9.17) is 0 Å². The fraction of sp³-hybridized carbons (Fsp3) is 0.533. The van der Waals surface area contributed by atoms with E-state index in [-0.39, 0.29) is 23.6 Å². The Hall–Kier alpha value is -1.55. The highest BCUT2D eigenvalue weighted by molar-refractivity contribution is 5.79. The van der Waals surface area contributed by atoms with Crippen molar-refractivity contribution in [2.75, 3.05) is 19.6 Å². The molecule has 2 atom stereocenters. The number of carbonyl (C=O) groups is 1. The van der Waals surface area contributed by atoms with Crippen molar-refractivity contribution in [3.05, 3.63) is 29.8 Å². The van der Waals surface area contributed by atoms with Gasteiger partial charge in [-0.05, 0) is 44.5 Å². The lowest BCUT2D eigenvalue weighted by atomic mass is 10.0. The number of nitrogens with one attached hydrogen (secondary N) is 1. The van der Waals surface area contributed by atoms with Gasteiger partial charge in [0.2, 0.25) is 5.91 Å². The van der Waals surface area contributed by atoms with Gasteiger partial charge >= 0.3 is 0 Å². The van der Waals surface area contributed by atoms with Crippen molar-refractivity contribution in [3.63, 3.8) is 0 Å². The molecule has 0 saturated carbocycles. The molecule has 2 unspecified atom stereocenters. The Morgan fingerprint density at radius 1 is 1.58 bits per heavy atom. The van der Waals surface area contributed by atoms with E-state index in [9.17, 15) is 9.90 Å². The van der Waals surface area contributed by atoms with Crippen LogP contribution in [-0.4, -0.2) is 35.5 Å². The van der Waals surface area contributed by atoms with Gasteiger partial charge in [0.25, 0.3) is 0 Å². The van der Waals surface area contributed by atoms with Crippen molar-refractivity contribution in [2.24, 2.45) is 5.92 Å². The summed E-state index contributed by atoms with van der Waals surface area (Å²) >= 11 is 0. The number of phenolic OH excluding ortho intramolecular Hbond substituents is 1. The second-order valence-corrected chi connectivity index (χ2v) is 5.08. The normalized spacial score (nSPS) is 20.2. The topological polar surface area (TPSA) is 52.6 Å². The number of amides is 1. The average molecular weight is 262 g/mol. The Kier molecular flexibility index (Phi) is 4.43. The number of phenols is 1. The van der Waals surface area contributed by atoms with Crippen molar-refractivity contribution in [3.8, 4) is 5.75 Å². The number of hydrogen-bond donors (Lipinski definition) is 2. The zero-order chi connectivity index (χ0) is 13.8. The van der Waals surface area contributed by atoms with Crippen LogP contribution >= 0.6 is 0 Å². The lowest BCUT2D eigenvalue weighted by Gasteiger charge is -2.30. The van der Waals surface area contributed by atoms with E-state index in [2.05, 4.69) is 5.32 Å². The summed E-state index contributed by atoms with van der Waals surface area (Å²) in [7, 11) is 0. The second-order valence-electron chi connectivity index (χ2n) is 5.08. The van der Waals surface area contributed by atoms with Gasteiger partial charge in [0, 0.05) is 13.1 Å². The van der Waals surface area contributed by atoms with E-state index in [0.717, 1.165) is 25.1 Å². The third kappa shape index (κ3) is 3.07. The van der Waals surface area contributed by atoms with Crippen molar-refractivity contribution < 1.29 is 9.90 Å². The molecular weight excluding hydrogens is 240 g/mol. The summed E-state index contributed by atoms with van der Waals surface area (Å²) < 4.78 is 0. The lowest BCUT2D eigenvalue weighted by molar-refractivity contribution is -0.136. The standard InChI is InChI=1S/C15H22N2O2/c1-3-17(15(19)13-7-8-16-10-13)11(2)12-5-4-6-14(18)9-12/h4-6,9,11,13,16,18H,3,7-8,10H2,1-2H3. The van der Waals surface area contributed by atoms with Crippen LogP contribution in [0.2, 0.25) is 0 Å². The summed E-state index contributed by atoms with van der Waals surface area (Å²) in [4.78, 5) is 14.4. The number of rotatable bonds is 4. The number of benzene rings is 1. The highest BCUT2D eigenvalue weighted by atomic mass is 16.3. The molecule has 1 aromatic carbocycles. The maximum absolute atomic E-state index is 12.5. The van der Waals surface area contributed by atoms with Gasteiger partial charge < -0.3 is 15.3 Å². The largest absolute Gasteiger partial charge is 0.508 e. The molecule has 1 heterocycles. The molecule has 1 aliphatic heterocycles. The molecule has 0 aliphatic carbocycles. The summed E-state index contributed by atoms with van der Waals surface area (Å²) in [6.45, 7) is 6.40. The van der Waals surface area contributed by atoms with Crippen LogP contribution in [0.5, 0.6) is 5.75 Å². The molecule has 0 radical (unpaired) electrons. The quantitative estimate of drug-likeness (QED) is 0.871. The van der Waals surface area contributed by atoms with Crippen LogP contribution in [0.4, 0.5) is 0 Å².